The van der Waals surface area contributed by atoms with Crippen LogP contribution in [-0.4, -0.2) is 10.2 Å². The summed E-state index contributed by atoms with van der Waals surface area (Å²) in [5.41, 5.74) is 0.766. The molecule has 1 rings (SSSR count). The molecule has 1 aromatic rings. The quantitative estimate of drug-likeness (QED) is 0.608. The Kier molecular flexibility index (Phi) is 4.68. The van der Waals surface area contributed by atoms with Crippen LogP contribution in [0.15, 0.2) is 12.1 Å². The van der Waals surface area contributed by atoms with Crippen molar-refractivity contribution in [1.82, 2.24) is 0 Å². The van der Waals surface area contributed by atoms with Crippen molar-refractivity contribution in [1.29, 1.82) is 0 Å². The van der Waals surface area contributed by atoms with Crippen LogP contribution in [0.5, 0.6) is 11.5 Å². The van der Waals surface area contributed by atoms with Gasteiger partial charge in [-0.1, -0.05) is 13.8 Å². The van der Waals surface area contributed by atoms with Gasteiger partial charge >= 0.3 is 0 Å². The van der Waals surface area contributed by atoms with Gasteiger partial charge in [-0.3, -0.25) is 0 Å². The molecule has 12 heavy (non-hydrogen) atoms. The summed E-state index contributed by atoms with van der Waals surface area (Å²) in [5.74, 6) is 0.233. The molecular weight excluding hydrogens is 171 g/mol. The molecule has 1 atom stereocenters. The lowest BCUT2D eigenvalue weighted by molar-refractivity contribution is 0.450. The molecule has 68 valence electrons. The third kappa shape index (κ3) is 2.71. The summed E-state index contributed by atoms with van der Waals surface area (Å²) in [5, 5.41) is 18.8. The largest absolute Gasteiger partial charge is 0.508 e. The second-order valence-corrected chi connectivity index (χ2v) is 2.82. The van der Waals surface area contributed by atoms with E-state index in [0.29, 0.717) is 5.30 Å². The summed E-state index contributed by atoms with van der Waals surface area (Å²) in [6.45, 7) is 5.78. The Morgan fingerprint density at radius 2 is 1.58 bits per heavy atom. The van der Waals surface area contributed by atoms with Crippen LogP contribution in [0.3, 0.4) is 0 Å². The smallest absolute Gasteiger partial charge is 0.126 e. The first-order chi connectivity index (χ1) is 5.61. The van der Waals surface area contributed by atoms with Crippen LogP contribution in [0.1, 0.15) is 19.4 Å². The molecule has 0 aliphatic heterocycles. The summed E-state index contributed by atoms with van der Waals surface area (Å²) in [4.78, 5) is 0. The average Bonchev–Trinajstić information content (AvgIpc) is 2.05. The van der Waals surface area contributed by atoms with Crippen LogP contribution in [0.25, 0.3) is 0 Å². The third-order valence-electron chi connectivity index (χ3n) is 1.35. The normalized spacial score (nSPS) is 8.67. The summed E-state index contributed by atoms with van der Waals surface area (Å²) in [6, 6.07) is 3.03. The highest BCUT2D eigenvalue weighted by atomic mass is 31.0. The zero-order valence-corrected chi connectivity index (χ0v) is 8.78. The molecule has 0 saturated carbocycles. The molecule has 0 aliphatic rings. The molecule has 1 aromatic carbocycles. The van der Waals surface area contributed by atoms with E-state index < -0.39 is 0 Å². The Labute approximate surface area is 75.5 Å². The van der Waals surface area contributed by atoms with E-state index in [9.17, 15) is 0 Å². The maximum atomic E-state index is 9.06. The fraction of sp³-hybridized carbons (Fsp3) is 0.333. The van der Waals surface area contributed by atoms with Gasteiger partial charge in [-0.15, -0.1) is 9.24 Å². The number of rotatable bonds is 0. The first-order valence-corrected chi connectivity index (χ1v) is 4.47. The SMILES string of the molecule is CC.Cc1cc(P)c(O)cc1O. The van der Waals surface area contributed by atoms with Crippen molar-refractivity contribution in [3.05, 3.63) is 17.7 Å². The van der Waals surface area contributed by atoms with Gasteiger partial charge in [0.25, 0.3) is 0 Å². The van der Waals surface area contributed by atoms with Gasteiger partial charge in [-0.05, 0) is 18.6 Å². The molecule has 0 saturated heterocycles. The van der Waals surface area contributed by atoms with Crippen LogP contribution < -0.4 is 5.30 Å². The maximum Gasteiger partial charge on any atom is 0.126 e. The average molecular weight is 186 g/mol. The van der Waals surface area contributed by atoms with E-state index in [1.807, 2.05) is 13.8 Å². The molecule has 2 N–H and O–H groups in total. The number of aryl methyl sites for hydroxylation is 1. The monoisotopic (exact) mass is 186 g/mol. The summed E-state index contributed by atoms with van der Waals surface area (Å²) in [7, 11) is 2.38. The predicted molar refractivity (Wildman–Crippen MR) is 55.2 cm³/mol. The molecule has 2 nitrogen and oxygen atoms in total. The number of hydrogen-bond donors (Lipinski definition) is 2. The van der Waals surface area contributed by atoms with E-state index in [1.165, 1.54) is 6.07 Å². The molecular formula is C9H15O2P. The summed E-state index contributed by atoms with van der Waals surface area (Å²) >= 11 is 0. The van der Waals surface area contributed by atoms with Gasteiger partial charge in [-0.25, -0.2) is 0 Å². The van der Waals surface area contributed by atoms with Crippen molar-refractivity contribution < 1.29 is 10.2 Å². The van der Waals surface area contributed by atoms with Crippen molar-refractivity contribution in [2.45, 2.75) is 20.8 Å². The number of aromatic hydroxyl groups is 2. The second-order valence-electron chi connectivity index (χ2n) is 2.20. The lowest BCUT2D eigenvalue weighted by Crippen LogP contribution is -1.91. The minimum absolute atomic E-state index is 0.105. The number of phenols is 2. The molecule has 1 unspecified atom stereocenters. The molecule has 3 heteroatoms. The molecule has 0 fully saturated rings. The van der Waals surface area contributed by atoms with Crippen LogP contribution in [0.4, 0.5) is 0 Å². The van der Waals surface area contributed by atoms with Crippen LogP contribution in [0, 0.1) is 6.92 Å². The van der Waals surface area contributed by atoms with Gasteiger partial charge in [-0.2, -0.15) is 0 Å². The van der Waals surface area contributed by atoms with Crippen molar-refractivity contribution in [2.75, 3.05) is 0 Å². The topological polar surface area (TPSA) is 40.5 Å². The Hall–Kier alpha value is -0.750. The molecule has 0 spiro atoms. The first kappa shape index (κ1) is 11.2. The second kappa shape index (κ2) is 5.00. The lowest BCUT2D eigenvalue weighted by Gasteiger charge is -2.01. The highest BCUT2D eigenvalue weighted by Crippen LogP contribution is 2.21. The fourth-order valence-corrected chi connectivity index (χ4v) is 1.04. The van der Waals surface area contributed by atoms with E-state index in [-0.39, 0.29) is 11.5 Å². The van der Waals surface area contributed by atoms with E-state index in [0.717, 1.165) is 5.56 Å². The summed E-state index contributed by atoms with van der Waals surface area (Å²) in [6.07, 6.45) is 0. The zero-order chi connectivity index (χ0) is 9.72. The maximum absolute atomic E-state index is 9.06. The summed E-state index contributed by atoms with van der Waals surface area (Å²) < 4.78 is 0. The van der Waals surface area contributed by atoms with Crippen LogP contribution >= 0.6 is 9.24 Å². The Morgan fingerprint density at radius 1 is 1.08 bits per heavy atom. The minimum Gasteiger partial charge on any atom is -0.508 e. The van der Waals surface area contributed by atoms with Gasteiger partial charge in [0.1, 0.15) is 11.5 Å². The van der Waals surface area contributed by atoms with Gasteiger partial charge < -0.3 is 10.2 Å². The molecule has 0 aromatic heterocycles. The van der Waals surface area contributed by atoms with Crippen LogP contribution in [-0.2, 0) is 0 Å². The van der Waals surface area contributed by atoms with E-state index in [4.69, 9.17) is 10.2 Å². The standard InChI is InChI=1S/C7H9O2P.C2H6/c1-4-2-7(10)6(9)3-5(4)8;1-2/h2-3,8-9H,10H2,1H3;1-2H3. The molecule has 0 aliphatic carbocycles. The molecule has 0 heterocycles. The van der Waals surface area contributed by atoms with Crippen molar-refractivity contribution >= 4 is 14.5 Å². The number of hydrogen-bond acceptors (Lipinski definition) is 2. The molecule has 0 bridgehead atoms. The van der Waals surface area contributed by atoms with Gasteiger partial charge in [0.05, 0.1) is 0 Å². The van der Waals surface area contributed by atoms with Crippen LogP contribution in [0.2, 0.25) is 0 Å². The van der Waals surface area contributed by atoms with Crippen molar-refractivity contribution in [3.8, 4) is 11.5 Å². The highest BCUT2D eigenvalue weighted by molar-refractivity contribution is 7.27. The molecule has 0 amide bonds. The van der Waals surface area contributed by atoms with Gasteiger partial charge in [0.2, 0.25) is 0 Å². The van der Waals surface area contributed by atoms with Crippen molar-refractivity contribution in [2.24, 2.45) is 0 Å². The zero-order valence-electron chi connectivity index (χ0n) is 7.63. The minimum atomic E-state index is 0.105. The number of benzene rings is 1. The lowest BCUT2D eigenvalue weighted by atomic mass is 10.2. The highest BCUT2D eigenvalue weighted by Gasteiger charge is 2.00. The van der Waals surface area contributed by atoms with Crippen molar-refractivity contribution in [3.63, 3.8) is 0 Å². The number of phenolic OH excluding ortho intramolecular Hbond substituents is 2. The van der Waals surface area contributed by atoms with Gasteiger partial charge in [0, 0.05) is 11.4 Å². The first-order valence-electron chi connectivity index (χ1n) is 3.89. The Bertz CT molecular complexity index is 209. The van der Waals surface area contributed by atoms with E-state index in [1.54, 1.807) is 13.0 Å². The van der Waals surface area contributed by atoms with E-state index in [2.05, 4.69) is 9.24 Å². The fourth-order valence-electron chi connectivity index (χ4n) is 0.708. The van der Waals surface area contributed by atoms with Gasteiger partial charge in [0.15, 0.2) is 0 Å². The Morgan fingerprint density at radius 3 is 2.00 bits per heavy atom. The Balaban J connectivity index is 0.000000561. The third-order valence-corrected chi connectivity index (χ3v) is 1.81. The molecule has 0 radical (unpaired) electrons. The predicted octanol–water partition coefficient (Wildman–Crippen LogP) is 1.93. The van der Waals surface area contributed by atoms with E-state index >= 15 is 0 Å².